The van der Waals surface area contributed by atoms with Crippen molar-refractivity contribution in [1.29, 1.82) is 0 Å². The first-order valence-electron chi connectivity index (χ1n) is 7.51. The highest BCUT2D eigenvalue weighted by molar-refractivity contribution is 4.89. The van der Waals surface area contributed by atoms with E-state index in [2.05, 4.69) is 19.2 Å². The summed E-state index contributed by atoms with van der Waals surface area (Å²) in [5, 5.41) is 32.5. The highest BCUT2D eigenvalue weighted by Crippen LogP contribution is 2.23. The summed E-state index contributed by atoms with van der Waals surface area (Å²) in [6, 6.07) is 0.459. The Morgan fingerprint density at radius 3 is 2.48 bits per heavy atom. The van der Waals surface area contributed by atoms with Crippen molar-refractivity contribution in [1.82, 2.24) is 5.32 Å². The molecule has 1 aliphatic heterocycles. The van der Waals surface area contributed by atoms with Crippen LogP contribution in [0.1, 0.15) is 26.7 Å². The van der Waals surface area contributed by atoms with Gasteiger partial charge in [0.1, 0.15) is 24.4 Å². The van der Waals surface area contributed by atoms with Crippen molar-refractivity contribution >= 4 is 0 Å². The van der Waals surface area contributed by atoms with E-state index in [4.69, 9.17) is 14.2 Å². The molecule has 0 aromatic carbocycles. The van der Waals surface area contributed by atoms with Crippen LogP contribution in [0.3, 0.4) is 0 Å². The molecule has 1 rings (SSSR count). The lowest BCUT2D eigenvalue weighted by Gasteiger charge is -2.41. The third-order valence-electron chi connectivity index (χ3n) is 3.50. The molecule has 126 valence electrons. The highest BCUT2D eigenvalue weighted by atomic mass is 16.7. The van der Waals surface area contributed by atoms with Crippen LogP contribution in [0.4, 0.5) is 0 Å². The van der Waals surface area contributed by atoms with E-state index < -0.39 is 30.7 Å². The molecule has 0 aromatic heterocycles. The number of aliphatic hydroxyl groups excluding tert-OH is 3. The third-order valence-corrected chi connectivity index (χ3v) is 3.50. The zero-order valence-electron chi connectivity index (χ0n) is 13.1. The summed E-state index contributed by atoms with van der Waals surface area (Å²) in [5.74, 6) is 0. The predicted octanol–water partition coefficient (Wildman–Crippen LogP) is -0.765. The minimum atomic E-state index is -1.19. The molecule has 0 spiro atoms. The molecule has 1 fully saturated rings. The van der Waals surface area contributed by atoms with Crippen LogP contribution in [-0.2, 0) is 14.2 Å². The molecule has 21 heavy (non-hydrogen) atoms. The number of methoxy groups -OCH3 is 1. The Morgan fingerprint density at radius 2 is 1.90 bits per heavy atom. The Bertz CT molecular complexity index is 276. The monoisotopic (exact) mass is 307 g/mol. The second kappa shape index (κ2) is 9.68. The maximum absolute atomic E-state index is 9.96. The topological polar surface area (TPSA) is 100 Å². The van der Waals surface area contributed by atoms with E-state index in [1.165, 1.54) is 7.11 Å². The second-order valence-corrected chi connectivity index (χ2v) is 5.59. The Kier molecular flexibility index (Phi) is 8.65. The average Bonchev–Trinajstić information content (AvgIpc) is 2.46. The van der Waals surface area contributed by atoms with E-state index >= 15 is 0 Å². The minimum absolute atomic E-state index is 0.305. The SMILES string of the molecule is CO[C@@H]1C(CO)O[C@@H](OCCCCNC(C)C)C(O)[C@H]1O. The molecule has 5 atom stereocenters. The number of hydrogen-bond donors (Lipinski definition) is 4. The van der Waals surface area contributed by atoms with Crippen molar-refractivity contribution < 1.29 is 29.5 Å². The molecule has 0 amide bonds. The number of nitrogens with one attached hydrogen (secondary N) is 1. The highest BCUT2D eigenvalue weighted by Gasteiger charge is 2.44. The van der Waals surface area contributed by atoms with Gasteiger partial charge in [0.25, 0.3) is 0 Å². The van der Waals surface area contributed by atoms with Gasteiger partial charge in [0.15, 0.2) is 6.29 Å². The molecule has 0 saturated carbocycles. The van der Waals surface area contributed by atoms with E-state index in [0.717, 1.165) is 19.4 Å². The summed E-state index contributed by atoms with van der Waals surface area (Å²) in [7, 11) is 1.40. The fourth-order valence-electron chi connectivity index (χ4n) is 2.30. The van der Waals surface area contributed by atoms with Crippen molar-refractivity contribution in [3.05, 3.63) is 0 Å². The van der Waals surface area contributed by atoms with Crippen molar-refractivity contribution in [3.63, 3.8) is 0 Å². The molecule has 0 aliphatic carbocycles. The van der Waals surface area contributed by atoms with Gasteiger partial charge in [-0.3, -0.25) is 0 Å². The largest absolute Gasteiger partial charge is 0.394 e. The summed E-state index contributed by atoms with van der Waals surface area (Å²) in [5.41, 5.74) is 0. The van der Waals surface area contributed by atoms with Gasteiger partial charge >= 0.3 is 0 Å². The van der Waals surface area contributed by atoms with E-state index in [1.54, 1.807) is 0 Å². The Balaban J connectivity index is 2.31. The van der Waals surface area contributed by atoms with Crippen LogP contribution >= 0.6 is 0 Å². The van der Waals surface area contributed by atoms with Crippen LogP contribution in [0.5, 0.6) is 0 Å². The van der Waals surface area contributed by atoms with Crippen molar-refractivity contribution in [2.45, 2.75) is 63.4 Å². The summed E-state index contributed by atoms with van der Waals surface area (Å²) in [4.78, 5) is 0. The summed E-state index contributed by atoms with van der Waals surface area (Å²) < 4.78 is 16.0. The summed E-state index contributed by atoms with van der Waals surface area (Å²) >= 11 is 0. The smallest absolute Gasteiger partial charge is 0.186 e. The Hall–Kier alpha value is -0.280. The lowest BCUT2D eigenvalue weighted by Crippen LogP contribution is -2.59. The predicted molar refractivity (Wildman–Crippen MR) is 76.9 cm³/mol. The number of aliphatic hydroxyl groups is 3. The normalized spacial score (nSPS) is 33.6. The van der Waals surface area contributed by atoms with E-state index in [9.17, 15) is 15.3 Å². The first-order valence-corrected chi connectivity index (χ1v) is 7.51. The molecule has 0 radical (unpaired) electrons. The van der Waals surface area contributed by atoms with Gasteiger partial charge < -0.3 is 34.8 Å². The van der Waals surface area contributed by atoms with E-state index in [1.807, 2.05) is 0 Å². The third kappa shape index (κ3) is 5.78. The van der Waals surface area contributed by atoms with Gasteiger partial charge in [-0.25, -0.2) is 0 Å². The maximum atomic E-state index is 9.96. The lowest BCUT2D eigenvalue weighted by molar-refractivity contribution is -0.304. The summed E-state index contributed by atoms with van der Waals surface area (Å²) in [6.07, 6.45) is -2.98. The summed E-state index contributed by atoms with van der Waals surface area (Å²) in [6.45, 7) is 5.20. The molecule has 0 aromatic rings. The molecule has 0 bridgehead atoms. The van der Waals surface area contributed by atoms with Crippen LogP contribution in [0.2, 0.25) is 0 Å². The number of hydrogen-bond acceptors (Lipinski definition) is 7. The van der Waals surface area contributed by atoms with Crippen LogP contribution in [0.15, 0.2) is 0 Å². The molecule has 4 N–H and O–H groups in total. The van der Waals surface area contributed by atoms with E-state index in [-0.39, 0.29) is 6.61 Å². The van der Waals surface area contributed by atoms with Crippen molar-refractivity contribution in [3.8, 4) is 0 Å². The molecular formula is C14H29NO6. The number of rotatable bonds is 9. The van der Waals surface area contributed by atoms with Crippen molar-refractivity contribution in [2.24, 2.45) is 0 Å². The quantitative estimate of drug-likeness (QED) is 0.415. The fourth-order valence-corrected chi connectivity index (χ4v) is 2.30. The first kappa shape index (κ1) is 18.8. The molecular weight excluding hydrogens is 278 g/mol. The van der Waals surface area contributed by atoms with Gasteiger partial charge in [-0.15, -0.1) is 0 Å². The number of unbranched alkanes of at least 4 members (excludes halogenated alkanes) is 1. The maximum Gasteiger partial charge on any atom is 0.186 e. The van der Waals surface area contributed by atoms with Crippen LogP contribution in [0, 0.1) is 0 Å². The second-order valence-electron chi connectivity index (χ2n) is 5.59. The van der Waals surface area contributed by atoms with Crippen LogP contribution in [-0.4, -0.2) is 78.9 Å². The first-order chi connectivity index (χ1) is 10.0. The molecule has 1 heterocycles. The molecule has 7 nitrogen and oxygen atoms in total. The molecule has 1 aliphatic rings. The fraction of sp³-hybridized carbons (Fsp3) is 1.00. The van der Waals surface area contributed by atoms with E-state index in [0.29, 0.717) is 12.6 Å². The Morgan fingerprint density at radius 1 is 1.19 bits per heavy atom. The lowest BCUT2D eigenvalue weighted by atomic mass is 9.99. The molecule has 2 unspecified atom stereocenters. The van der Waals surface area contributed by atoms with Gasteiger partial charge in [0.05, 0.1) is 6.61 Å². The zero-order valence-corrected chi connectivity index (χ0v) is 13.1. The standard InChI is InChI=1S/C14H29NO6/c1-9(2)15-6-4-5-7-20-14-12(18)11(17)13(19-3)10(8-16)21-14/h9-18H,4-8H2,1-3H3/t10?,11-,12?,13-,14-/m1/s1. The van der Waals surface area contributed by atoms with Crippen molar-refractivity contribution in [2.75, 3.05) is 26.9 Å². The van der Waals surface area contributed by atoms with Gasteiger partial charge in [-0.1, -0.05) is 13.8 Å². The van der Waals surface area contributed by atoms with Crippen LogP contribution in [0.25, 0.3) is 0 Å². The molecule has 7 heteroatoms. The van der Waals surface area contributed by atoms with Crippen LogP contribution < -0.4 is 5.32 Å². The van der Waals surface area contributed by atoms with Gasteiger partial charge in [-0.05, 0) is 19.4 Å². The minimum Gasteiger partial charge on any atom is -0.394 e. The van der Waals surface area contributed by atoms with Gasteiger partial charge in [0.2, 0.25) is 0 Å². The van der Waals surface area contributed by atoms with Gasteiger partial charge in [-0.2, -0.15) is 0 Å². The Labute approximate surface area is 126 Å². The number of ether oxygens (including phenoxy) is 3. The zero-order chi connectivity index (χ0) is 15.8. The van der Waals surface area contributed by atoms with Gasteiger partial charge in [0, 0.05) is 19.8 Å². The average molecular weight is 307 g/mol. The molecule has 1 saturated heterocycles.